The van der Waals surface area contributed by atoms with Crippen LogP contribution in [0.3, 0.4) is 0 Å². The Morgan fingerprint density at radius 1 is 1.39 bits per heavy atom. The van der Waals surface area contributed by atoms with E-state index in [9.17, 15) is 4.79 Å². The number of amides is 1. The van der Waals surface area contributed by atoms with E-state index >= 15 is 0 Å². The van der Waals surface area contributed by atoms with Crippen molar-refractivity contribution in [2.45, 2.75) is 24.0 Å². The minimum Gasteiger partial charge on any atom is -0.355 e. The molecular formula is C13H19BrN2OS. The van der Waals surface area contributed by atoms with E-state index in [2.05, 4.69) is 21.2 Å². The van der Waals surface area contributed by atoms with Crippen LogP contribution < -0.4 is 11.1 Å². The molecule has 2 atom stereocenters. The molecule has 2 unspecified atom stereocenters. The van der Waals surface area contributed by atoms with Gasteiger partial charge in [0.25, 0.3) is 0 Å². The van der Waals surface area contributed by atoms with Crippen molar-refractivity contribution in [2.24, 2.45) is 11.7 Å². The zero-order valence-corrected chi connectivity index (χ0v) is 13.1. The normalized spacial score (nSPS) is 14.0. The summed E-state index contributed by atoms with van der Waals surface area (Å²) in [5.41, 5.74) is 5.51. The van der Waals surface area contributed by atoms with Gasteiger partial charge in [-0.2, -0.15) is 0 Å². The lowest BCUT2D eigenvalue weighted by Gasteiger charge is -2.14. The van der Waals surface area contributed by atoms with Gasteiger partial charge in [-0.3, -0.25) is 4.79 Å². The summed E-state index contributed by atoms with van der Waals surface area (Å²) in [7, 11) is 0. The van der Waals surface area contributed by atoms with Crippen molar-refractivity contribution in [3.63, 3.8) is 0 Å². The van der Waals surface area contributed by atoms with Gasteiger partial charge < -0.3 is 11.1 Å². The minimum atomic E-state index is -0.101. The molecule has 3 nitrogen and oxygen atoms in total. The summed E-state index contributed by atoms with van der Waals surface area (Å²) >= 11 is 4.94. The molecule has 5 heteroatoms. The molecule has 0 aliphatic heterocycles. The van der Waals surface area contributed by atoms with E-state index in [0.717, 1.165) is 9.37 Å². The molecule has 18 heavy (non-hydrogen) atoms. The minimum absolute atomic E-state index is 0.0585. The number of nitrogens with two attached hydrogens (primary N) is 1. The maximum Gasteiger partial charge on any atom is 0.233 e. The number of hydrogen-bond acceptors (Lipinski definition) is 3. The standard InChI is InChI=1S/C13H19BrN2OS/c1-9(7-15)8-16-13(17)10(2)18-12-5-3-11(14)4-6-12/h3-6,9-10H,7-8,15H2,1-2H3,(H,16,17). The number of carbonyl (C=O) groups is 1. The molecule has 0 fully saturated rings. The van der Waals surface area contributed by atoms with Crippen LogP contribution in [0.25, 0.3) is 0 Å². The molecule has 0 radical (unpaired) electrons. The van der Waals surface area contributed by atoms with Gasteiger partial charge in [0.2, 0.25) is 5.91 Å². The van der Waals surface area contributed by atoms with Gasteiger partial charge in [0.1, 0.15) is 0 Å². The summed E-state index contributed by atoms with van der Waals surface area (Å²) in [5.74, 6) is 0.377. The van der Waals surface area contributed by atoms with Gasteiger partial charge in [-0.1, -0.05) is 22.9 Å². The SMILES string of the molecule is CC(CN)CNC(=O)C(C)Sc1ccc(Br)cc1. The first-order valence-corrected chi connectivity index (χ1v) is 7.60. The molecule has 1 amide bonds. The maximum atomic E-state index is 11.9. The average molecular weight is 331 g/mol. The smallest absolute Gasteiger partial charge is 0.233 e. The van der Waals surface area contributed by atoms with Gasteiger partial charge in [0, 0.05) is 15.9 Å². The van der Waals surface area contributed by atoms with Gasteiger partial charge in [-0.05, 0) is 43.7 Å². The van der Waals surface area contributed by atoms with Crippen LogP contribution in [0, 0.1) is 5.92 Å². The highest BCUT2D eigenvalue weighted by Crippen LogP contribution is 2.24. The molecule has 1 aromatic rings. The van der Waals surface area contributed by atoms with Crippen molar-refractivity contribution in [3.8, 4) is 0 Å². The fourth-order valence-corrected chi connectivity index (χ4v) is 2.43. The van der Waals surface area contributed by atoms with Crippen LogP contribution in [-0.2, 0) is 4.79 Å². The second kappa shape index (κ2) is 7.81. The average Bonchev–Trinajstić information content (AvgIpc) is 2.38. The quantitative estimate of drug-likeness (QED) is 0.788. The van der Waals surface area contributed by atoms with E-state index in [-0.39, 0.29) is 11.2 Å². The molecule has 0 aliphatic rings. The summed E-state index contributed by atoms with van der Waals surface area (Å²) in [6, 6.07) is 7.95. The summed E-state index contributed by atoms with van der Waals surface area (Å²) in [6.07, 6.45) is 0. The van der Waals surface area contributed by atoms with Crippen LogP contribution in [0.5, 0.6) is 0 Å². The third-order valence-electron chi connectivity index (χ3n) is 2.52. The number of carbonyl (C=O) groups excluding carboxylic acids is 1. The van der Waals surface area contributed by atoms with Gasteiger partial charge in [0.15, 0.2) is 0 Å². The van der Waals surface area contributed by atoms with E-state index < -0.39 is 0 Å². The molecule has 0 bridgehead atoms. The van der Waals surface area contributed by atoms with Crippen LogP contribution in [0.4, 0.5) is 0 Å². The van der Waals surface area contributed by atoms with Gasteiger partial charge in [-0.15, -0.1) is 11.8 Å². The Kier molecular flexibility index (Phi) is 6.75. The Bertz CT molecular complexity index is 383. The number of nitrogens with one attached hydrogen (secondary N) is 1. The molecule has 1 aromatic carbocycles. The lowest BCUT2D eigenvalue weighted by Crippen LogP contribution is -2.35. The lowest BCUT2D eigenvalue weighted by molar-refractivity contribution is -0.120. The van der Waals surface area contributed by atoms with Gasteiger partial charge >= 0.3 is 0 Å². The molecule has 0 saturated carbocycles. The second-order valence-corrected chi connectivity index (χ2v) is 6.63. The first-order valence-electron chi connectivity index (χ1n) is 5.93. The Balaban J connectivity index is 2.42. The van der Waals surface area contributed by atoms with Crippen molar-refractivity contribution >= 4 is 33.6 Å². The van der Waals surface area contributed by atoms with E-state index in [0.29, 0.717) is 19.0 Å². The van der Waals surface area contributed by atoms with E-state index in [1.165, 1.54) is 0 Å². The van der Waals surface area contributed by atoms with E-state index in [1.807, 2.05) is 38.1 Å². The summed E-state index contributed by atoms with van der Waals surface area (Å²) in [5, 5.41) is 2.81. The summed E-state index contributed by atoms with van der Waals surface area (Å²) < 4.78 is 1.04. The Labute approximate surface area is 121 Å². The fourth-order valence-electron chi connectivity index (χ4n) is 1.27. The highest BCUT2D eigenvalue weighted by molar-refractivity contribution is 9.10. The Morgan fingerprint density at radius 3 is 2.56 bits per heavy atom. The Hall–Kier alpha value is -0.520. The third kappa shape index (κ3) is 5.42. The monoisotopic (exact) mass is 330 g/mol. The molecular weight excluding hydrogens is 312 g/mol. The van der Waals surface area contributed by atoms with Crippen molar-refractivity contribution in [3.05, 3.63) is 28.7 Å². The van der Waals surface area contributed by atoms with Crippen molar-refractivity contribution in [1.82, 2.24) is 5.32 Å². The topological polar surface area (TPSA) is 55.1 Å². The molecule has 3 N–H and O–H groups in total. The predicted molar refractivity (Wildman–Crippen MR) is 80.7 cm³/mol. The van der Waals surface area contributed by atoms with Crippen molar-refractivity contribution < 1.29 is 4.79 Å². The maximum absolute atomic E-state index is 11.9. The van der Waals surface area contributed by atoms with Crippen molar-refractivity contribution in [1.29, 1.82) is 0 Å². The number of halogens is 1. The fraction of sp³-hybridized carbons (Fsp3) is 0.462. The van der Waals surface area contributed by atoms with Gasteiger partial charge in [0.05, 0.1) is 5.25 Å². The van der Waals surface area contributed by atoms with Crippen molar-refractivity contribution in [2.75, 3.05) is 13.1 Å². The lowest BCUT2D eigenvalue weighted by atomic mass is 10.2. The summed E-state index contributed by atoms with van der Waals surface area (Å²) in [4.78, 5) is 12.9. The number of benzene rings is 1. The van der Waals surface area contributed by atoms with E-state index in [1.54, 1.807) is 11.8 Å². The zero-order chi connectivity index (χ0) is 13.5. The van der Waals surface area contributed by atoms with Gasteiger partial charge in [-0.25, -0.2) is 0 Å². The Morgan fingerprint density at radius 2 is 2.00 bits per heavy atom. The number of hydrogen-bond donors (Lipinski definition) is 2. The highest BCUT2D eigenvalue weighted by Gasteiger charge is 2.14. The molecule has 0 spiro atoms. The van der Waals surface area contributed by atoms with E-state index in [4.69, 9.17) is 5.73 Å². The molecule has 0 aromatic heterocycles. The van der Waals surface area contributed by atoms with Crippen LogP contribution in [0.15, 0.2) is 33.6 Å². The highest BCUT2D eigenvalue weighted by atomic mass is 79.9. The first kappa shape index (κ1) is 15.5. The summed E-state index contributed by atoms with van der Waals surface area (Å²) in [6.45, 7) is 5.16. The van der Waals surface area contributed by atoms with Crippen LogP contribution >= 0.6 is 27.7 Å². The zero-order valence-electron chi connectivity index (χ0n) is 10.7. The van der Waals surface area contributed by atoms with Crippen LogP contribution in [0.2, 0.25) is 0 Å². The predicted octanol–water partition coefficient (Wildman–Crippen LogP) is 2.64. The van der Waals surface area contributed by atoms with Crippen LogP contribution in [-0.4, -0.2) is 24.2 Å². The third-order valence-corrected chi connectivity index (χ3v) is 4.16. The molecule has 0 aliphatic carbocycles. The van der Waals surface area contributed by atoms with Crippen LogP contribution in [0.1, 0.15) is 13.8 Å². The molecule has 100 valence electrons. The second-order valence-electron chi connectivity index (χ2n) is 4.30. The molecule has 0 heterocycles. The first-order chi connectivity index (χ1) is 8.52. The number of thioether (sulfide) groups is 1. The molecule has 1 rings (SSSR count). The number of rotatable bonds is 6. The largest absolute Gasteiger partial charge is 0.355 e. The molecule has 0 saturated heterocycles.